The second kappa shape index (κ2) is 7.88. The van der Waals surface area contributed by atoms with Crippen LogP contribution in [0.15, 0.2) is 42.5 Å². The number of rotatable bonds is 5. The molecular formula is C18H21N3O2S. The highest BCUT2D eigenvalue weighted by Gasteiger charge is 2.09. The van der Waals surface area contributed by atoms with Gasteiger partial charge in [0.15, 0.2) is 5.11 Å². The standard InChI is InChI=1S/C18H21N3O2S/c1-4-12(2)14-5-7-15(8-6-14)19-18(24)20-17-10-9-16(21(22)23)11-13(17)3/h5-12H,4H2,1-3H3,(H2,19,20,24)/t12-/m1/s1. The molecule has 0 radical (unpaired) electrons. The zero-order valence-corrected chi connectivity index (χ0v) is 14.8. The van der Waals surface area contributed by atoms with Gasteiger partial charge in [-0.1, -0.05) is 26.0 Å². The van der Waals surface area contributed by atoms with Crippen LogP contribution < -0.4 is 10.6 Å². The Morgan fingerprint density at radius 3 is 2.42 bits per heavy atom. The molecule has 0 saturated heterocycles. The number of nitrogens with zero attached hydrogens (tertiary/aromatic N) is 1. The first kappa shape index (κ1) is 17.9. The van der Waals surface area contributed by atoms with Gasteiger partial charge >= 0.3 is 0 Å². The number of non-ortho nitro benzene ring substituents is 1. The Bertz CT molecular complexity index is 744. The highest BCUT2D eigenvalue weighted by atomic mass is 32.1. The van der Waals surface area contributed by atoms with Gasteiger partial charge in [0.05, 0.1) is 4.92 Å². The topological polar surface area (TPSA) is 67.2 Å². The molecule has 0 fully saturated rings. The number of hydrogen-bond donors (Lipinski definition) is 2. The minimum absolute atomic E-state index is 0.0672. The molecule has 0 bridgehead atoms. The van der Waals surface area contributed by atoms with E-state index >= 15 is 0 Å². The quantitative estimate of drug-likeness (QED) is 0.442. The molecule has 0 aromatic heterocycles. The Kier molecular flexibility index (Phi) is 5.87. The van der Waals surface area contributed by atoms with Gasteiger partial charge in [0.25, 0.3) is 5.69 Å². The number of nitrogens with one attached hydrogen (secondary N) is 2. The monoisotopic (exact) mass is 343 g/mol. The number of aryl methyl sites for hydroxylation is 1. The van der Waals surface area contributed by atoms with E-state index in [0.29, 0.717) is 11.0 Å². The molecule has 0 saturated carbocycles. The van der Waals surface area contributed by atoms with Crippen molar-refractivity contribution in [2.45, 2.75) is 33.1 Å². The summed E-state index contributed by atoms with van der Waals surface area (Å²) >= 11 is 5.31. The molecule has 2 rings (SSSR count). The van der Waals surface area contributed by atoms with Gasteiger partial charge in [0.2, 0.25) is 0 Å². The molecule has 0 amide bonds. The number of nitro benzene ring substituents is 1. The lowest BCUT2D eigenvalue weighted by atomic mass is 9.99. The first-order chi connectivity index (χ1) is 11.4. The maximum atomic E-state index is 10.8. The molecule has 0 spiro atoms. The molecule has 1 atom stereocenters. The molecule has 0 aliphatic carbocycles. The lowest BCUT2D eigenvalue weighted by Gasteiger charge is -2.14. The van der Waals surface area contributed by atoms with E-state index in [1.807, 2.05) is 12.1 Å². The van der Waals surface area contributed by atoms with Crippen molar-refractivity contribution in [3.8, 4) is 0 Å². The third-order valence-corrected chi connectivity index (χ3v) is 4.22. The fourth-order valence-corrected chi connectivity index (χ4v) is 2.54. The van der Waals surface area contributed by atoms with E-state index in [0.717, 1.165) is 23.4 Å². The molecule has 0 aliphatic heterocycles. The molecule has 0 aliphatic rings. The van der Waals surface area contributed by atoms with Gasteiger partial charge in [-0.3, -0.25) is 10.1 Å². The van der Waals surface area contributed by atoms with Crippen LogP contribution in [-0.2, 0) is 0 Å². The van der Waals surface area contributed by atoms with E-state index in [2.05, 4.69) is 36.6 Å². The van der Waals surface area contributed by atoms with Gasteiger partial charge < -0.3 is 10.6 Å². The van der Waals surface area contributed by atoms with E-state index in [1.54, 1.807) is 13.0 Å². The first-order valence-electron chi connectivity index (χ1n) is 7.83. The molecule has 2 aromatic carbocycles. The average molecular weight is 343 g/mol. The van der Waals surface area contributed by atoms with Gasteiger partial charge in [-0.2, -0.15) is 0 Å². The molecule has 2 aromatic rings. The maximum Gasteiger partial charge on any atom is 0.269 e. The Morgan fingerprint density at radius 2 is 1.88 bits per heavy atom. The Morgan fingerprint density at radius 1 is 1.21 bits per heavy atom. The lowest BCUT2D eigenvalue weighted by molar-refractivity contribution is -0.384. The zero-order chi connectivity index (χ0) is 17.7. The van der Waals surface area contributed by atoms with Crippen molar-refractivity contribution in [2.24, 2.45) is 0 Å². The lowest BCUT2D eigenvalue weighted by Crippen LogP contribution is -2.19. The van der Waals surface area contributed by atoms with Crippen molar-refractivity contribution in [1.29, 1.82) is 0 Å². The van der Waals surface area contributed by atoms with Crippen molar-refractivity contribution >= 4 is 34.4 Å². The van der Waals surface area contributed by atoms with Gasteiger partial charge in [0, 0.05) is 23.5 Å². The van der Waals surface area contributed by atoms with E-state index in [1.165, 1.54) is 17.7 Å². The summed E-state index contributed by atoms with van der Waals surface area (Å²) in [6.45, 7) is 6.17. The summed E-state index contributed by atoms with van der Waals surface area (Å²) in [5.74, 6) is 0.534. The molecular weight excluding hydrogens is 322 g/mol. The van der Waals surface area contributed by atoms with Crippen LogP contribution in [-0.4, -0.2) is 10.0 Å². The summed E-state index contributed by atoms with van der Waals surface area (Å²) in [5, 5.41) is 17.4. The maximum absolute atomic E-state index is 10.8. The summed E-state index contributed by atoms with van der Waals surface area (Å²) < 4.78 is 0. The third kappa shape index (κ3) is 4.52. The second-order valence-electron chi connectivity index (χ2n) is 5.77. The largest absolute Gasteiger partial charge is 0.332 e. The van der Waals surface area contributed by atoms with E-state index in [9.17, 15) is 10.1 Å². The summed E-state index contributed by atoms with van der Waals surface area (Å²) in [6, 6.07) is 12.8. The molecule has 2 N–H and O–H groups in total. The summed E-state index contributed by atoms with van der Waals surface area (Å²) in [5.41, 5.74) is 3.78. The van der Waals surface area contributed by atoms with Crippen LogP contribution in [0.25, 0.3) is 0 Å². The van der Waals surface area contributed by atoms with Crippen LogP contribution in [0.2, 0.25) is 0 Å². The minimum Gasteiger partial charge on any atom is -0.332 e. The predicted molar refractivity (Wildman–Crippen MR) is 103 cm³/mol. The van der Waals surface area contributed by atoms with Gasteiger partial charge in [0.1, 0.15) is 0 Å². The van der Waals surface area contributed by atoms with Gasteiger partial charge in [-0.05, 0) is 60.8 Å². The Balaban J connectivity index is 2.02. The summed E-state index contributed by atoms with van der Waals surface area (Å²) in [6.07, 6.45) is 1.10. The number of benzene rings is 2. The molecule has 24 heavy (non-hydrogen) atoms. The Labute approximate surface area is 147 Å². The van der Waals surface area contributed by atoms with Crippen LogP contribution in [0.4, 0.5) is 17.1 Å². The Hall–Kier alpha value is -2.47. The molecule has 6 heteroatoms. The molecule has 0 heterocycles. The van der Waals surface area contributed by atoms with Crippen molar-refractivity contribution in [3.05, 3.63) is 63.7 Å². The van der Waals surface area contributed by atoms with E-state index in [4.69, 9.17) is 12.2 Å². The second-order valence-corrected chi connectivity index (χ2v) is 6.18. The minimum atomic E-state index is -0.411. The smallest absolute Gasteiger partial charge is 0.269 e. The van der Waals surface area contributed by atoms with Crippen molar-refractivity contribution in [3.63, 3.8) is 0 Å². The average Bonchev–Trinajstić information content (AvgIpc) is 2.56. The first-order valence-corrected chi connectivity index (χ1v) is 8.24. The molecule has 0 unspecified atom stereocenters. The van der Waals surface area contributed by atoms with Crippen LogP contribution in [0, 0.1) is 17.0 Å². The van der Waals surface area contributed by atoms with Gasteiger partial charge in [-0.15, -0.1) is 0 Å². The van der Waals surface area contributed by atoms with E-state index < -0.39 is 4.92 Å². The van der Waals surface area contributed by atoms with Crippen molar-refractivity contribution in [2.75, 3.05) is 10.6 Å². The highest BCUT2D eigenvalue weighted by molar-refractivity contribution is 7.80. The van der Waals surface area contributed by atoms with Crippen molar-refractivity contribution < 1.29 is 4.92 Å². The number of anilines is 2. The van der Waals surface area contributed by atoms with Crippen LogP contribution >= 0.6 is 12.2 Å². The summed E-state index contributed by atoms with van der Waals surface area (Å²) in [7, 11) is 0. The SMILES string of the molecule is CC[C@@H](C)c1ccc(NC(=S)Nc2ccc([N+](=O)[O-])cc2C)cc1. The van der Waals surface area contributed by atoms with Crippen LogP contribution in [0.1, 0.15) is 37.3 Å². The fourth-order valence-electron chi connectivity index (χ4n) is 2.32. The summed E-state index contributed by atoms with van der Waals surface area (Å²) in [4.78, 5) is 10.4. The van der Waals surface area contributed by atoms with Crippen LogP contribution in [0.5, 0.6) is 0 Å². The molecule has 126 valence electrons. The van der Waals surface area contributed by atoms with E-state index in [-0.39, 0.29) is 5.69 Å². The molecule has 5 nitrogen and oxygen atoms in total. The predicted octanol–water partition coefficient (Wildman–Crippen LogP) is 5.23. The third-order valence-electron chi connectivity index (χ3n) is 4.02. The number of nitro groups is 1. The van der Waals surface area contributed by atoms with Crippen molar-refractivity contribution in [1.82, 2.24) is 0 Å². The number of thiocarbonyl (C=S) groups is 1. The van der Waals surface area contributed by atoms with Gasteiger partial charge in [-0.25, -0.2) is 0 Å². The normalized spacial score (nSPS) is 11.6. The zero-order valence-electron chi connectivity index (χ0n) is 14.0. The highest BCUT2D eigenvalue weighted by Crippen LogP contribution is 2.22. The fraction of sp³-hybridized carbons (Fsp3) is 0.278. The van der Waals surface area contributed by atoms with Crippen LogP contribution in [0.3, 0.4) is 0 Å². The number of hydrogen-bond acceptors (Lipinski definition) is 3.